The molecule has 0 atom stereocenters. The molecule has 2 heterocycles. The first kappa shape index (κ1) is 11.2. The minimum absolute atomic E-state index is 0.224. The minimum Gasteiger partial charge on any atom is -0.503 e. The summed E-state index contributed by atoms with van der Waals surface area (Å²) in [7, 11) is 4.15. The quantitative estimate of drug-likeness (QED) is 0.746. The van der Waals surface area contributed by atoms with Gasteiger partial charge in [0, 0.05) is 43.6 Å². The van der Waals surface area contributed by atoms with Gasteiger partial charge in [-0.25, -0.2) is 0 Å². The lowest BCUT2D eigenvalue weighted by atomic mass is 10.1. The highest BCUT2D eigenvalue weighted by atomic mass is 16.3. The van der Waals surface area contributed by atoms with Crippen LogP contribution in [0.4, 0.5) is 0 Å². The highest BCUT2D eigenvalue weighted by Crippen LogP contribution is 2.14. The zero-order valence-electron chi connectivity index (χ0n) is 9.60. The van der Waals surface area contributed by atoms with Crippen LogP contribution in [0.25, 0.3) is 0 Å². The van der Waals surface area contributed by atoms with Crippen molar-refractivity contribution < 1.29 is 5.11 Å². The Morgan fingerprint density at radius 2 is 2.25 bits per heavy atom. The molecule has 0 bridgehead atoms. The van der Waals surface area contributed by atoms with E-state index < -0.39 is 0 Å². The lowest BCUT2D eigenvalue weighted by Crippen LogP contribution is -2.56. The maximum atomic E-state index is 11.2. The van der Waals surface area contributed by atoms with Gasteiger partial charge in [0.25, 0.3) is 0 Å². The Kier molecular flexibility index (Phi) is 2.98. The van der Waals surface area contributed by atoms with Crippen LogP contribution in [0.2, 0.25) is 0 Å². The largest absolute Gasteiger partial charge is 0.503 e. The van der Waals surface area contributed by atoms with Crippen LogP contribution >= 0.6 is 0 Å². The predicted molar refractivity (Wildman–Crippen MR) is 61.5 cm³/mol. The number of H-pyrrole nitrogens is 1. The Balaban J connectivity index is 1.92. The molecule has 0 aromatic carbocycles. The Bertz CT molecular complexity index is 421. The fourth-order valence-corrected chi connectivity index (χ4v) is 1.84. The first-order valence-electron chi connectivity index (χ1n) is 5.35. The first-order chi connectivity index (χ1) is 7.56. The van der Waals surface area contributed by atoms with Gasteiger partial charge in [0.05, 0.1) is 0 Å². The molecule has 1 aromatic rings. The van der Waals surface area contributed by atoms with Crippen LogP contribution in [0.15, 0.2) is 17.1 Å². The number of hydrogen-bond acceptors (Lipinski definition) is 4. The van der Waals surface area contributed by atoms with Crippen LogP contribution in [-0.4, -0.2) is 53.1 Å². The summed E-state index contributed by atoms with van der Waals surface area (Å²) in [5, 5.41) is 9.10. The van der Waals surface area contributed by atoms with Crippen LogP contribution in [-0.2, 0) is 6.54 Å². The average Bonchev–Trinajstić information content (AvgIpc) is 2.15. The number of nitrogens with zero attached hydrogens (tertiary/aromatic N) is 2. The zero-order valence-corrected chi connectivity index (χ0v) is 9.60. The highest BCUT2D eigenvalue weighted by molar-refractivity contribution is 5.18. The van der Waals surface area contributed by atoms with Gasteiger partial charge in [-0.2, -0.15) is 0 Å². The van der Waals surface area contributed by atoms with Crippen LogP contribution < -0.4 is 5.43 Å². The number of pyridine rings is 1. The first-order valence-corrected chi connectivity index (χ1v) is 5.35. The summed E-state index contributed by atoms with van der Waals surface area (Å²) in [6.45, 7) is 2.78. The van der Waals surface area contributed by atoms with Gasteiger partial charge in [-0.1, -0.05) is 0 Å². The molecule has 0 saturated carbocycles. The molecule has 1 fully saturated rings. The van der Waals surface area contributed by atoms with E-state index in [0.717, 1.165) is 25.3 Å². The summed E-state index contributed by atoms with van der Waals surface area (Å²) >= 11 is 0. The van der Waals surface area contributed by atoms with Crippen molar-refractivity contribution in [2.45, 2.75) is 12.6 Å². The van der Waals surface area contributed by atoms with E-state index in [9.17, 15) is 4.79 Å². The molecule has 0 amide bonds. The maximum absolute atomic E-state index is 11.2. The van der Waals surface area contributed by atoms with Crippen molar-refractivity contribution in [3.63, 3.8) is 0 Å². The average molecular weight is 223 g/mol. The zero-order chi connectivity index (χ0) is 11.7. The van der Waals surface area contributed by atoms with Crippen molar-refractivity contribution in [3.8, 4) is 5.75 Å². The highest BCUT2D eigenvalue weighted by Gasteiger charge is 2.27. The second kappa shape index (κ2) is 4.27. The number of nitrogens with one attached hydrogen (secondary N) is 1. The van der Waals surface area contributed by atoms with Crippen molar-refractivity contribution in [1.82, 2.24) is 14.8 Å². The van der Waals surface area contributed by atoms with Gasteiger partial charge >= 0.3 is 0 Å². The second-order valence-electron chi connectivity index (χ2n) is 4.52. The van der Waals surface area contributed by atoms with Crippen LogP contribution in [0.1, 0.15) is 5.69 Å². The Labute approximate surface area is 94.3 Å². The molecule has 1 aromatic heterocycles. The lowest BCUT2D eigenvalue weighted by Gasteiger charge is -2.42. The second-order valence-corrected chi connectivity index (χ2v) is 4.52. The van der Waals surface area contributed by atoms with Gasteiger partial charge in [-0.15, -0.1) is 0 Å². The molecule has 0 aliphatic carbocycles. The summed E-state index contributed by atoms with van der Waals surface area (Å²) in [4.78, 5) is 18.6. The van der Waals surface area contributed by atoms with Crippen molar-refractivity contribution in [2.75, 3.05) is 27.2 Å². The van der Waals surface area contributed by atoms with Crippen LogP contribution in [0.3, 0.4) is 0 Å². The molecule has 0 spiro atoms. The third kappa shape index (κ3) is 2.25. The third-order valence-electron chi connectivity index (χ3n) is 3.01. The van der Waals surface area contributed by atoms with Gasteiger partial charge in [0.2, 0.25) is 5.43 Å². The van der Waals surface area contributed by atoms with Crippen molar-refractivity contribution in [1.29, 1.82) is 0 Å². The third-order valence-corrected chi connectivity index (χ3v) is 3.01. The summed E-state index contributed by atoms with van der Waals surface area (Å²) < 4.78 is 0. The number of aromatic amines is 1. The van der Waals surface area contributed by atoms with E-state index in [0.29, 0.717) is 6.04 Å². The van der Waals surface area contributed by atoms with Gasteiger partial charge in [0.1, 0.15) is 0 Å². The molecule has 1 aliphatic heterocycles. The monoisotopic (exact) mass is 223 g/mol. The van der Waals surface area contributed by atoms with E-state index in [1.54, 1.807) is 0 Å². The Morgan fingerprint density at radius 3 is 2.81 bits per heavy atom. The fourth-order valence-electron chi connectivity index (χ4n) is 1.84. The van der Waals surface area contributed by atoms with Crippen molar-refractivity contribution in [2.24, 2.45) is 0 Å². The predicted octanol–water partition coefficient (Wildman–Crippen LogP) is -0.174. The fraction of sp³-hybridized carbons (Fsp3) is 0.545. The number of likely N-dealkylation sites (N-methyl/N-ethyl adjacent to an activating group) is 1. The smallest absolute Gasteiger partial charge is 0.223 e. The molecule has 0 radical (unpaired) electrons. The molecule has 5 heteroatoms. The van der Waals surface area contributed by atoms with Gasteiger partial charge < -0.3 is 15.0 Å². The number of rotatable bonds is 3. The summed E-state index contributed by atoms with van der Waals surface area (Å²) in [6, 6.07) is 2.07. The molecule has 1 saturated heterocycles. The normalized spacial score (nSPS) is 17.7. The van der Waals surface area contributed by atoms with Gasteiger partial charge in [0.15, 0.2) is 5.75 Å². The summed E-state index contributed by atoms with van der Waals surface area (Å²) in [5.74, 6) is -0.224. The van der Waals surface area contributed by atoms with E-state index >= 15 is 0 Å². The molecule has 5 nitrogen and oxygen atoms in total. The molecule has 88 valence electrons. The molecule has 0 unspecified atom stereocenters. The molecule has 2 rings (SSSR count). The van der Waals surface area contributed by atoms with E-state index in [4.69, 9.17) is 5.11 Å². The SMILES string of the molecule is CN(C)C1CN(Cc2cc(=O)c(O)c[nH]2)C1. The van der Waals surface area contributed by atoms with Gasteiger partial charge in [-0.05, 0) is 14.1 Å². The maximum Gasteiger partial charge on any atom is 0.223 e. The number of likely N-dealkylation sites (tertiary alicyclic amines) is 1. The van der Waals surface area contributed by atoms with E-state index in [2.05, 4.69) is 28.9 Å². The van der Waals surface area contributed by atoms with E-state index in [1.165, 1.54) is 12.3 Å². The summed E-state index contributed by atoms with van der Waals surface area (Å²) in [5.41, 5.74) is 0.526. The Morgan fingerprint density at radius 1 is 1.56 bits per heavy atom. The lowest BCUT2D eigenvalue weighted by molar-refractivity contribution is 0.0563. The number of aromatic nitrogens is 1. The van der Waals surface area contributed by atoms with Crippen molar-refractivity contribution in [3.05, 3.63) is 28.2 Å². The number of hydrogen-bond donors (Lipinski definition) is 2. The standard InChI is InChI=1S/C11H17N3O2/c1-13(2)9-6-14(7-9)5-8-3-10(15)11(16)4-12-8/h3-4,9,16H,5-7H2,1-2H3,(H,12,15). The molecule has 1 aliphatic rings. The molecular formula is C11H17N3O2. The molecule has 16 heavy (non-hydrogen) atoms. The Hall–Kier alpha value is -1.33. The number of aromatic hydroxyl groups is 1. The van der Waals surface area contributed by atoms with Crippen molar-refractivity contribution >= 4 is 0 Å². The van der Waals surface area contributed by atoms with Crippen LogP contribution in [0, 0.1) is 0 Å². The van der Waals surface area contributed by atoms with E-state index in [-0.39, 0.29) is 11.2 Å². The van der Waals surface area contributed by atoms with Gasteiger partial charge in [-0.3, -0.25) is 9.69 Å². The van der Waals surface area contributed by atoms with Crippen LogP contribution in [0.5, 0.6) is 5.75 Å². The molecular weight excluding hydrogens is 206 g/mol. The topological polar surface area (TPSA) is 59.6 Å². The molecule has 2 N–H and O–H groups in total. The van der Waals surface area contributed by atoms with E-state index in [1.807, 2.05) is 0 Å². The minimum atomic E-state index is -0.321. The summed E-state index contributed by atoms with van der Waals surface area (Å²) in [6.07, 6.45) is 1.35.